The standard InChI is InChI=1S/C15H21NO/c17-15-13-8-2-1-6-12(13)7-5-9-14(15)16-10-3-4-11-16/h1-2,6,8,14-15,17H,3-5,7,9-11H2. The van der Waals surface area contributed by atoms with Gasteiger partial charge >= 0.3 is 0 Å². The van der Waals surface area contributed by atoms with Gasteiger partial charge in [-0.3, -0.25) is 4.90 Å². The maximum absolute atomic E-state index is 10.6. The maximum atomic E-state index is 10.6. The van der Waals surface area contributed by atoms with Crippen molar-refractivity contribution in [3.8, 4) is 0 Å². The molecule has 1 N–H and O–H groups in total. The van der Waals surface area contributed by atoms with Gasteiger partial charge in [0.1, 0.15) is 0 Å². The van der Waals surface area contributed by atoms with Crippen molar-refractivity contribution in [1.29, 1.82) is 0 Å². The molecule has 3 rings (SSSR count). The molecule has 1 aliphatic carbocycles. The van der Waals surface area contributed by atoms with Gasteiger partial charge in [0.05, 0.1) is 6.10 Å². The number of benzene rings is 1. The summed E-state index contributed by atoms with van der Waals surface area (Å²) in [6, 6.07) is 8.76. The van der Waals surface area contributed by atoms with E-state index in [1.54, 1.807) is 0 Å². The first-order valence-electron chi connectivity index (χ1n) is 6.86. The molecule has 0 radical (unpaired) electrons. The van der Waals surface area contributed by atoms with Crippen LogP contribution in [-0.2, 0) is 6.42 Å². The van der Waals surface area contributed by atoms with E-state index in [1.165, 1.54) is 43.5 Å². The van der Waals surface area contributed by atoms with Gasteiger partial charge in [0.15, 0.2) is 0 Å². The molecule has 2 atom stereocenters. The molecule has 92 valence electrons. The molecule has 1 fully saturated rings. The molecule has 1 heterocycles. The topological polar surface area (TPSA) is 23.5 Å². The molecule has 0 spiro atoms. The van der Waals surface area contributed by atoms with Crippen LogP contribution >= 0.6 is 0 Å². The monoisotopic (exact) mass is 231 g/mol. The Kier molecular flexibility index (Phi) is 3.17. The van der Waals surface area contributed by atoms with Gasteiger partial charge in [0.25, 0.3) is 0 Å². The summed E-state index contributed by atoms with van der Waals surface area (Å²) in [5.41, 5.74) is 2.52. The van der Waals surface area contributed by atoms with Gasteiger partial charge in [-0.05, 0) is 56.3 Å². The summed E-state index contributed by atoms with van der Waals surface area (Å²) in [7, 11) is 0. The Morgan fingerprint density at radius 2 is 1.82 bits per heavy atom. The number of hydrogen-bond acceptors (Lipinski definition) is 2. The van der Waals surface area contributed by atoms with Crippen LogP contribution in [0.2, 0.25) is 0 Å². The molecule has 0 amide bonds. The van der Waals surface area contributed by atoms with E-state index in [2.05, 4.69) is 29.2 Å². The highest BCUT2D eigenvalue weighted by Crippen LogP contribution is 2.33. The Bertz CT molecular complexity index is 384. The third-order valence-electron chi connectivity index (χ3n) is 4.29. The molecule has 1 saturated heterocycles. The summed E-state index contributed by atoms with van der Waals surface area (Å²) in [6.45, 7) is 2.34. The summed E-state index contributed by atoms with van der Waals surface area (Å²) >= 11 is 0. The molecule has 1 aromatic carbocycles. The average molecular weight is 231 g/mol. The number of aliphatic hydroxyl groups excluding tert-OH is 1. The molecule has 1 aliphatic heterocycles. The Morgan fingerprint density at radius 3 is 2.65 bits per heavy atom. The fraction of sp³-hybridized carbons (Fsp3) is 0.600. The Morgan fingerprint density at radius 1 is 1.06 bits per heavy atom. The smallest absolute Gasteiger partial charge is 0.0947 e. The van der Waals surface area contributed by atoms with Crippen molar-refractivity contribution < 1.29 is 5.11 Å². The third kappa shape index (κ3) is 2.12. The van der Waals surface area contributed by atoms with Crippen LogP contribution < -0.4 is 0 Å². The van der Waals surface area contributed by atoms with E-state index < -0.39 is 0 Å². The van der Waals surface area contributed by atoms with Crippen molar-refractivity contribution in [1.82, 2.24) is 4.90 Å². The van der Waals surface area contributed by atoms with E-state index in [0.29, 0.717) is 6.04 Å². The zero-order valence-corrected chi connectivity index (χ0v) is 10.3. The van der Waals surface area contributed by atoms with E-state index in [4.69, 9.17) is 0 Å². The van der Waals surface area contributed by atoms with Crippen LogP contribution in [-0.4, -0.2) is 29.1 Å². The fourth-order valence-electron chi connectivity index (χ4n) is 3.37. The quantitative estimate of drug-likeness (QED) is 0.751. The van der Waals surface area contributed by atoms with Crippen LogP contribution in [0.4, 0.5) is 0 Å². The number of hydrogen-bond donors (Lipinski definition) is 1. The zero-order chi connectivity index (χ0) is 11.7. The summed E-state index contributed by atoms with van der Waals surface area (Å²) < 4.78 is 0. The molecule has 2 unspecified atom stereocenters. The maximum Gasteiger partial charge on any atom is 0.0947 e. The lowest BCUT2D eigenvalue weighted by molar-refractivity contribution is 0.0582. The molecular weight excluding hydrogens is 210 g/mol. The summed E-state index contributed by atoms with van der Waals surface area (Å²) in [5.74, 6) is 0. The van der Waals surface area contributed by atoms with Crippen molar-refractivity contribution in [2.24, 2.45) is 0 Å². The second-order valence-electron chi connectivity index (χ2n) is 5.35. The highest BCUT2D eigenvalue weighted by molar-refractivity contribution is 5.31. The first-order chi connectivity index (χ1) is 8.36. The van der Waals surface area contributed by atoms with E-state index >= 15 is 0 Å². The lowest BCUT2D eigenvalue weighted by Crippen LogP contribution is -2.37. The highest BCUT2D eigenvalue weighted by atomic mass is 16.3. The van der Waals surface area contributed by atoms with Gasteiger partial charge in [0.2, 0.25) is 0 Å². The van der Waals surface area contributed by atoms with Gasteiger partial charge in [-0.2, -0.15) is 0 Å². The van der Waals surface area contributed by atoms with Crippen LogP contribution in [0.1, 0.15) is 42.9 Å². The van der Waals surface area contributed by atoms with Crippen LogP contribution in [0.25, 0.3) is 0 Å². The summed E-state index contributed by atoms with van der Waals surface area (Å²) in [6.07, 6.45) is 5.77. The van der Waals surface area contributed by atoms with Crippen LogP contribution in [0.15, 0.2) is 24.3 Å². The zero-order valence-electron chi connectivity index (χ0n) is 10.3. The predicted octanol–water partition coefficient (Wildman–Crippen LogP) is 2.52. The molecule has 0 saturated carbocycles. The van der Waals surface area contributed by atoms with Crippen LogP contribution in [0.5, 0.6) is 0 Å². The second kappa shape index (κ2) is 4.79. The van der Waals surface area contributed by atoms with Crippen molar-refractivity contribution in [3.63, 3.8) is 0 Å². The number of nitrogens with zero attached hydrogens (tertiary/aromatic N) is 1. The normalized spacial score (nSPS) is 29.9. The van der Waals surface area contributed by atoms with E-state index in [1.807, 2.05) is 0 Å². The minimum atomic E-state index is -0.285. The fourth-order valence-corrected chi connectivity index (χ4v) is 3.37. The van der Waals surface area contributed by atoms with Crippen molar-refractivity contribution in [3.05, 3.63) is 35.4 Å². The van der Waals surface area contributed by atoms with Crippen molar-refractivity contribution in [2.45, 2.75) is 44.2 Å². The van der Waals surface area contributed by atoms with Gasteiger partial charge in [-0.1, -0.05) is 24.3 Å². The predicted molar refractivity (Wildman–Crippen MR) is 68.9 cm³/mol. The highest BCUT2D eigenvalue weighted by Gasteiger charge is 2.31. The minimum absolute atomic E-state index is 0.285. The number of rotatable bonds is 1. The largest absolute Gasteiger partial charge is 0.387 e. The number of aliphatic hydroxyl groups is 1. The summed E-state index contributed by atoms with van der Waals surface area (Å²) in [4.78, 5) is 2.49. The lowest BCUT2D eigenvalue weighted by atomic mass is 9.98. The number of fused-ring (bicyclic) bond motifs is 1. The summed E-state index contributed by atoms with van der Waals surface area (Å²) in [5, 5.41) is 10.6. The number of aryl methyl sites for hydroxylation is 1. The van der Waals surface area contributed by atoms with Gasteiger partial charge in [0, 0.05) is 6.04 Å². The lowest BCUT2D eigenvalue weighted by Gasteiger charge is -2.30. The van der Waals surface area contributed by atoms with E-state index in [9.17, 15) is 5.11 Å². The Hall–Kier alpha value is -0.860. The van der Waals surface area contributed by atoms with Crippen molar-refractivity contribution in [2.75, 3.05) is 13.1 Å². The average Bonchev–Trinajstić information content (AvgIpc) is 2.83. The molecule has 1 aromatic rings. The third-order valence-corrected chi connectivity index (χ3v) is 4.29. The molecule has 17 heavy (non-hydrogen) atoms. The first kappa shape index (κ1) is 11.2. The SMILES string of the molecule is OC1c2ccccc2CCCC1N1CCCC1. The van der Waals surface area contributed by atoms with Gasteiger partial charge < -0.3 is 5.11 Å². The van der Waals surface area contributed by atoms with Crippen LogP contribution in [0.3, 0.4) is 0 Å². The van der Waals surface area contributed by atoms with Crippen molar-refractivity contribution >= 4 is 0 Å². The molecular formula is C15H21NO. The first-order valence-corrected chi connectivity index (χ1v) is 6.86. The molecule has 2 heteroatoms. The Balaban J connectivity index is 1.88. The second-order valence-corrected chi connectivity index (χ2v) is 5.35. The van der Waals surface area contributed by atoms with Crippen LogP contribution in [0, 0.1) is 0 Å². The molecule has 2 nitrogen and oxygen atoms in total. The van der Waals surface area contributed by atoms with E-state index in [-0.39, 0.29) is 6.10 Å². The Labute approximate surface area is 103 Å². The molecule has 0 aromatic heterocycles. The molecule has 0 bridgehead atoms. The van der Waals surface area contributed by atoms with Gasteiger partial charge in [-0.25, -0.2) is 0 Å². The molecule has 2 aliphatic rings. The van der Waals surface area contributed by atoms with Gasteiger partial charge in [-0.15, -0.1) is 0 Å². The minimum Gasteiger partial charge on any atom is -0.387 e. The van der Waals surface area contributed by atoms with E-state index in [0.717, 1.165) is 12.8 Å². The number of likely N-dealkylation sites (tertiary alicyclic amines) is 1.